The van der Waals surface area contributed by atoms with Crippen molar-refractivity contribution in [3.63, 3.8) is 0 Å². The van der Waals surface area contributed by atoms with Gasteiger partial charge in [0.1, 0.15) is 5.60 Å². The average Bonchev–Trinajstić information content (AvgIpc) is 2.89. The van der Waals surface area contributed by atoms with E-state index < -0.39 is 17.6 Å². The Morgan fingerprint density at radius 2 is 1.96 bits per heavy atom. The predicted octanol–water partition coefficient (Wildman–Crippen LogP) is 0.913. The molecule has 0 aromatic carbocycles. The minimum Gasteiger partial charge on any atom is -0.444 e. The molecule has 0 bridgehead atoms. The third-order valence-electron chi connectivity index (χ3n) is 2.67. The standard InChI is InChI=1S/C14H25N5O4/c1-9(7-16-13(21)22-14(2,3)4)11(20)15-8-10-17-12(18-23-10)19(5)6/h9H,7-8H2,1-6H3,(H,15,20)(H,16,21)/t9-/m1/s1. The van der Waals surface area contributed by atoms with Crippen LogP contribution < -0.4 is 15.5 Å². The number of anilines is 1. The average molecular weight is 327 g/mol. The highest BCUT2D eigenvalue weighted by molar-refractivity contribution is 5.79. The van der Waals surface area contributed by atoms with Gasteiger partial charge in [-0.2, -0.15) is 4.98 Å². The molecule has 0 saturated heterocycles. The molecule has 9 heteroatoms. The highest BCUT2D eigenvalue weighted by Crippen LogP contribution is 2.07. The summed E-state index contributed by atoms with van der Waals surface area (Å²) in [5.74, 6) is 0.104. The van der Waals surface area contributed by atoms with Gasteiger partial charge in [0.05, 0.1) is 12.5 Å². The summed E-state index contributed by atoms with van der Waals surface area (Å²) in [4.78, 5) is 29.3. The summed E-state index contributed by atoms with van der Waals surface area (Å²) in [5.41, 5.74) is -0.572. The van der Waals surface area contributed by atoms with Crippen molar-refractivity contribution in [2.24, 2.45) is 5.92 Å². The van der Waals surface area contributed by atoms with Crippen LogP contribution in [0.25, 0.3) is 0 Å². The van der Waals surface area contributed by atoms with Crippen molar-refractivity contribution >= 4 is 17.9 Å². The van der Waals surface area contributed by atoms with Gasteiger partial charge >= 0.3 is 6.09 Å². The van der Waals surface area contributed by atoms with Gasteiger partial charge in [0.2, 0.25) is 11.8 Å². The fraction of sp³-hybridized carbons (Fsp3) is 0.714. The molecule has 0 unspecified atom stereocenters. The number of aromatic nitrogens is 2. The Morgan fingerprint density at radius 1 is 1.30 bits per heavy atom. The Hall–Kier alpha value is -2.32. The summed E-state index contributed by atoms with van der Waals surface area (Å²) in [6.07, 6.45) is -0.551. The van der Waals surface area contributed by atoms with E-state index in [0.29, 0.717) is 11.8 Å². The molecule has 0 saturated carbocycles. The van der Waals surface area contributed by atoms with Crippen molar-refractivity contribution in [2.75, 3.05) is 25.5 Å². The second-order valence-corrected chi connectivity index (χ2v) is 6.38. The summed E-state index contributed by atoms with van der Waals surface area (Å²) >= 11 is 0. The number of rotatable bonds is 6. The first-order valence-electron chi connectivity index (χ1n) is 7.33. The van der Waals surface area contributed by atoms with Gasteiger partial charge in [-0.25, -0.2) is 4.79 Å². The van der Waals surface area contributed by atoms with Crippen molar-refractivity contribution < 1.29 is 18.8 Å². The minimum atomic E-state index is -0.572. The van der Waals surface area contributed by atoms with Crippen LogP contribution >= 0.6 is 0 Å². The Kier molecular flexibility index (Phi) is 6.35. The smallest absolute Gasteiger partial charge is 0.407 e. The third kappa shape index (κ3) is 6.98. The lowest BCUT2D eigenvalue weighted by Gasteiger charge is -2.20. The summed E-state index contributed by atoms with van der Waals surface area (Å²) in [5, 5.41) is 8.98. The number of carbonyl (C=O) groups is 2. The minimum absolute atomic E-state index is 0.135. The van der Waals surface area contributed by atoms with E-state index in [1.165, 1.54) is 0 Å². The molecule has 0 aliphatic rings. The lowest BCUT2D eigenvalue weighted by molar-refractivity contribution is -0.124. The Bertz CT molecular complexity index is 536. The molecule has 23 heavy (non-hydrogen) atoms. The van der Waals surface area contributed by atoms with Crippen LogP contribution in [0.3, 0.4) is 0 Å². The molecule has 0 aliphatic carbocycles. The fourth-order valence-electron chi connectivity index (χ4n) is 1.48. The van der Waals surface area contributed by atoms with E-state index in [2.05, 4.69) is 20.8 Å². The van der Waals surface area contributed by atoms with Crippen LogP contribution in [0.15, 0.2) is 4.52 Å². The van der Waals surface area contributed by atoms with Gasteiger partial charge in [-0.05, 0) is 25.9 Å². The van der Waals surface area contributed by atoms with E-state index in [0.717, 1.165) is 0 Å². The molecular weight excluding hydrogens is 302 g/mol. The van der Waals surface area contributed by atoms with Crippen molar-refractivity contribution in [1.82, 2.24) is 20.8 Å². The molecule has 1 atom stereocenters. The van der Waals surface area contributed by atoms with Crippen molar-refractivity contribution in [1.29, 1.82) is 0 Å². The highest BCUT2D eigenvalue weighted by Gasteiger charge is 2.19. The topological polar surface area (TPSA) is 110 Å². The van der Waals surface area contributed by atoms with Crippen LogP contribution in [0.2, 0.25) is 0 Å². The SMILES string of the molecule is C[C@H](CNC(=O)OC(C)(C)C)C(=O)NCc1nc(N(C)C)no1. The van der Waals surface area contributed by atoms with Crippen LogP contribution in [0.4, 0.5) is 10.7 Å². The second-order valence-electron chi connectivity index (χ2n) is 6.38. The molecule has 2 amide bonds. The number of ether oxygens (including phenoxy) is 1. The van der Waals surface area contributed by atoms with E-state index in [4.69, 9.17) is 9.26 Å². The fourth-order valence-corrected chi connectivity index (χ4v) is 1.48. The van der Waals surface area contributed by atoms with Gasteiger partial charge in [-0.3, -0.25) is 4.79 Å². The van der Waals surface area contributed by atoms with Crippen molar-refractivity contribution in [3.05, 3.63) is 5.89 Å². The van der Waals surface area contributed by atoms with Gasteiger partial charge in [0.25, 0.3) is 5.95 Å². The Balaban J connectivity index is 2.34. The molecule has 0 radical (unpaired) electrons. The zero-order chi connectivity index (χ0) is 17.6. The van der Waals surface area contributed by atoms with Crippen LogP contribution in [-0.4, -0.2) is 48.4 Å². The first-order chi connectivity index (χ1) is 10.6. The molecule has 0 aliphatic heterocycles. The largest absolute Gasteiger partial charge is 0.444 e. The zero-order valence-electron chi connectivity index (χ0n) is 14.5. The zero-order valence-corrected chi connectivity index (χ0v) is 14.5. The van der Waals surface area contributed by atoms with Gasteiger partial charge in [-0.15, -0.1) is 0 Å². The molecule has 130 valence electrons. The maximum Gasteiger partial charge on any atom is 0.407 e. The normalized spacial score (nSPS) is 12.4. The molecule has 1 aromatic rings. The molecule has 1 rings (SSSR count). The number of nitrogens with one attached hydrogen (secondary N) is 2. The molecular formula is C14H25N5O4. The summed E-state index contributed by atoms with van der Waals surface area (Å²) in [6.45, 7) is 7.33. The summed E-state index contributed by atoms with van der Waals surface area (Å²) in [6, 6.07) is 0. The van der Waals surface area contributed by atoms with Crippen LogP contribution in [0.1, 0.15) is 33.6 Å². The van der Waals surface area contributed by atoms with Gasteiger partial charge in [-0.1, -0.05) is 6.92 Å². The van der Waals surface area contributed by atoms with Gasteiger partial charge < -0.3 is 24.8 Å². The lowest BCUT2D eigenvalue weighted by Crippen LogP contribution is -2.39. The van der Waals surface area contributed by atoms with E-state index in [1.807, 2.05) is 0 Å². The molecule has 1 aromatic heterocycles. The molecule has 0 fully saturated rings. The predicted molar refractivity (Wildman–Crippen MR) is 83.9 cm³/mol. The molecule has 2 N–H and O–H groups in total. The van der Waals surface area contributed by atoms with E-state index >= 15 is 0 Å². The van der Waals surface area contributed by atoms with Gasteiger partial charge in [0, 0.05) is 20.6 Å². The maximum absolute atomic E-state index is 12.0. The molecule has 1 heterocycles. The van der Waals surface area contributed by atoms with Gasteiger partial charge in [0.15, 0.2) is 0 Å². The monoisotopic (exact) mass is 327 g/mol. The quantitative estimate of drug-likeness (QED) is 0.799. The first kappa shape index (κ1) is 18.7. The number of alkyl carbamates (subject to hydrolysis) is 1. The first-order valence-corrected chi connectivity index (χ1v) is 7.33. The number of hydrogen-bond acceptors (Lipinski definition) is 7. The number of carbonyl (C=O) groups excluding carboxylic acids is 2. The van der Waals surface area contributed by atoms with Crippen LogP contribution in [0.5, 0.6) is 0 Å². The van der Waals surface area contributed by atoms with E-state index in [1.54, 1.807) is 46.7 Å². The summed E-state index contributed by atoms with van der Waals surface area (Å²) in [7, 11) is 3.58. The number of nitrogens with zero attached hydrogens (tertiary/aromatic N) is 3. The highest BCUT2D eigenvalue weighted by atomic mass is 16.6. The van der Waals surface area contributed by atoms with Crippen molar-refractivity contribution in [3.8, 4) is 0 Å². The van der Waals surface area contributed by atoms with E-state index in [-0.39, 0.29) is 19.0 Å². The molecule has 0 spiro atoms. The van der Waals surface area contributed by atoms with Crippen molar-refractivity contribution in [2.45, 2.75) is 39.8 Å². The molecule has 9 nitrogen and oxygen atoms in total. The number of amides is 2. The second kappa shape index (κ2) is 7.80. The lowest BCUT2D eigenvalue weighted by atomic mass is 10.1. The Morgan fingerprint density at radius 3 is 2.48 bits per heavy atom. The Labute approximate surface area is 135 Å². The van der Waals surface area contributed by atoms with Crippen LogP contribution in [-0.2, 0) is 16.1 Å². The third-order valence-corrected chi connectivity index (χ3v) is 2.67. The van der Waals surface area contributed by atoms with E-state index in [9.17, 15) is 9.59 Å². The number of hydrogen-bond donors (Lipinski definition) is 2. The summed E-state index contributed by atoms with van der Waals surface area (Å²) < 4.78 is 10.1. The van der Waals surface area contributed by atoms with Crippen LogP contribution in [0, 0.1) is 5.92 Å². The maximum atomic E-state index is 12.0.